The molecule has 2 N–H and O–H groups in total. The maximum absolute atomic E-state index is 14.6. The van der Waals surface area contributed by atoms with Gasteiger partial charge in [0.2, 0.25) is 0 Å². The lowest BCUT2D eigenvalue weighted by Crippen LogP contribution is -2.57. The maximum Gasteiger partial charge on any atom is 0.261 e. The van der Waals surface area contributed by atoms with Gasteiger partial charge in [-0.2, -0.15) is 0 Å². The molecule has 3 aliphatic carbocycles. The molecule has 0 spiro atoms. The molecule has 3 saturated carbocycles. The number of nitrogens with one attached hydrogen (secondary N) is 2. The molecule has 1 aliphatic heterocycles. The number of aliphatic imine (C=N–C) groups is 1. The van der Waals surface area contributed by atoms with Gasteiger partial charge < -0.3 is 20.3 Å². The molecule has 0 amide bonds. The zero-order chi connectivity index (χ0) is 30.5. The summed E-state index contributed by atoms with van der Waals surface area (Å²) in [5.74, 6) is 3.04. The highest BCUT2D eigenvalue weighted by Crippen LogP contribution is 2.61. The molecule has 4 fully saturated rings. The Kier molecular flexibility index (Phi) is 7.96. The van der Waals surface area contributed by atoms with Crippen LogP contribution in [0.25, 0.3) is 10.9 Å². The number of aromatic nitrogens is 2. The standard InChI is InChI=1S/C34H45FN6O2/c1-20-18-40(12-11-36-20)33(39-30-15-24-14-28(22(30)3)34(24,4)5)38-25-8-10-27-31(16-25)37-19-41(32(27)42)21(2)13-23-7-9-26(43-6)17-29(23)35/h7-10,16-17,19-22,24,28,30,36H,11-15,18H2,1-6H3,(H,38,39). The van der Waals surface area contributed by atoms with Crippen LogP contribution in [-0.2, 0) is 6.42 Å². The molecule has 6 unspecified atom stereocenters. The number of hydrogen-bond acceptors (Lipinski definition) is 5. The Morgan fingerprint density at radius 2 is 2.05 bits per heavy atom. The fourth-order valence-corrected chi connectivity index (χ4v) is 7.66. The fraction of sp³-hybridized carbons (Fsp3) is 0.559. The number of fused-ring (bicyclic) bond motifs is 3. The van der Waals surface area contributed by atoms with E-state index in [1.54, 1.807) is 23.0 Å². The molecule has 0 radical (unpaired) electrons. The monoisotopic (exact) mass is 588 g/mol. The van der Waals surface area contributed by atoms with Crippen molar-refractivity contribution in [3.63, 3.8) is 0 Å². The van der Waals surface area contributed by atoms with Crippen molar-refractivity contribution in [2.75, 3.05) is 32.1 Å². The van der Waals surface area contributed by atoms with E-state index in [1.165, 1.54) is 19.6 Å². The predicted molar refractivity (Wildman–Crippen MR) is 170 cm³/mol. The second-order valence-electron chi connectivity index (χ2n) is 13.6. The smallest absolute Gasteiger partial charge is 0.261 e. The highest BCUT2D eigenvalue weighted by Gasteiger charge is 2.56. The first-order valence-electron chi connectivity index (χ1n) is 15.7. The Bertz CT molecular complexity index is 1580. The van der Waals surface area contributed by atoms with Gasteiger partial charge in [0.15, 0.2) is 5.96 Å². The Balaban J connectivity index is 1.24. The maximum atomic E-state index is 14.6. The predicted octanol–water partition coefficient (Wildman–Crippen LogP) is 5.48. The van der Waals surface area contributed by atoms with Crippen molar-refractivity contribution in [1.82, 2.24) is 19.8 Å². The number of rotatable bonds is 6. The third kappa shape index (κ3) is 5.64. The molecule has 43 heavy (non-hydrogen) atoms. The molecule has 1 aromatic heterocycles. The van der Waals surface area contributed by atoms with Crippen LogP contribution in [0.2, 0.25) is 0 Å². The number of halogens is 1. The van der Waals surface area contributed by atoms with Gasteiger partial charge in [0, 0.05) is 43.5 Å². The van der Waals surface area contributed by atoms with Gasteiger partial charge in [-0.25, -0.2) is 14.4 Å². The van der Waals surface area contributed by atoms with Gasteiger partial charge in [0.05, 0.1) is 30.4 Å². The number of benzene rings is 2. The van der Waals surface area contributed by atoms with E-state index in [1.807, 2.05) is 25.1 Å². The summed E-state index contributed by atoms with van der Waals surface area (Å²) in [4.78, 5) is 25.9. The van der Waals surface area contributed by atoms with E-state index in [0.29, 0.717) is 52.1 Å². The SMILES string of the molecule is COc1ccc(CC(C)n2cnc3cc(NC(=NC4CC5CC(C4C)C5(C)C)N4CCNC(C)C4)ccc3c2=O)c(F)c1. The molecule has 230 valence electrons. The quantitative estimate of drug-likeness (QED) is 0.293. The first-order valence-corrected chi connectivity index (χ1v) is 15.7. The largest absolute Gasteiger partial charge is 0.497 e. The van der Waals surface area contributed by atoms with Crippen LogP contribution in [0.5, 0.6) is 5.75 Å². The summed E-state index contributed by atoms with van der Waals surface area (Å²) in [6.45, 7) is 14.0. The molecule has 2 bridgehead atoms. The first-order chi connectivity index (χ1) is 20.5. The van der Waals surface area contributed by atoms with Gasteiger partial charge in [-0.3, -0.25) is 9.36 Å². The van der Waals surface area contributed by atoms with Crippen molar-refractivity contribution in [2.45, 2.75) is 72.0 Å². The Labute approximate surface area is 253 Å². The minimum absolute atomic E-state index is 0.138. The summed E-state index contributed by atoms with van der Waals surface area (Å²) in [6.07, 6.45) is 4.40. The third-order valence-electron chi connectivity index (χ3n) is 10.6. The zero-order valence-electron chi connectivity index (χ0n) is 26.2. The number of anilines is 1. The Hall–Kier alpha value is -3.46. The minimum Gasteiger partial charge on any atom is -0.497 e. The van der Waals surface area contributed by atoms with E-state index in [0.717, 1.165) is 49.5 Å². The van der Waals surface area contributed by atoms with E-state index in [9.17, 15) is 9.18 Å². The highest BCUT2D eigenvalue weighted by molar-refractivity contribution is 5.96. The van der Waals surface area contributed by atoms with Gasteiger partial charge >= 0.3 is 0 Å². The van der Waals surface area contributed by atoms with Crippen LogP contribution in [0.1, 0.15) is 59.1 Å². The minimum atomic E-state index is -0.344. The van der Waals surface area contributed by atoms with E-state index in [-0.39, 0.29) is 17.4 Å². The normalized spacial score (nSPS) is 27.5. The average Bonchev–Trinajstić information content (AvgIpc) is 2.98. The van der Waals surface area contributed by atoms with Crippen LogP contribution in [0.15, 0.2) is 52.5 Å². The van der Waals surface area contributed by atoms with Crippen molar-refractivity contribution in [1.29, 1.82) is 0 Å². The molecule has 3 aromatic rings. The summed E-state index contributed by atoms with van der Waals surface area (Å²) < 4.78 is 21.3. The summed E-state index contributed by atoms with van der Waals surface area (Å²) in [7, 11) is 1.51. The molecular formula is C34H45FN6O2. The number of ether oxygens (including phenoxy) is 1. The zero-order valence-corrected chi connectivity index (χ0v) is 26.2. The van der Waals surface area contributed by atoms with Gasteiger partial charge in [-0.05, 0) is 86.1 Å². The van der Waals surface area contributed by atoms with Crippen molar-refractivity contribution in [3.8, 4) is 5.75 Å². The van der Waals surface area contributed by atoms with E-state index in [4.69, 9.17) is 9.73 Å². The summed E-state index contributed by atoms with van der Waals surface area (Å²) >= 11 is 0. The Morgan fingerprint density at radius 3 is 2.74 bits per heavy atom. The fourth-order valence-electron chi connectivity index (χ4n) is 7.66. The van der Waals surface area contributed by atoms with Gasteiger partial charge in [0.1, 0.15) is 11.6 Å². The number of guanidine groups is 1. The molecule has 8 nitrogen and oxygen atoms in total. The van der Waals surface area contributed by atoms with Crippen molar-refractivity contribution in [3.05, 3.63) is 64.5 Å². The van der Waals surface area contributed by atoms with Crippen molar-refractivity contribution < 1.29 is 9.13 Å². The van der Waals surface area contributed by atoms with Gasteiger partial charge in [-0.15, -0.1) is 0 Å². The summed E-state index contributed by atoms with van der Waals surface area (Å²) in [6, 6.07) is 10.9. The third-order valence-corrected chi connectivity index (χ3v) is 10.6. The average molecular weight is 589 g/mol. The number of piperazine rings is 1. The Morgan fingerprint density at radius 1 is 1.23 bits per heavy atom. The lowest BCUT2D eigenvalue weighted by molar-refractivity contribution is -0.108. The van der Waals surface area contributed by atoms with Gasteiger partial charge in [0.25, 0.3) is 5.56 Å². The number of methoxy groups -OCH3 is 1. The van der Waals surface area contributed by atoms with Crippen LogP contribution >= 0.6 is 0 Å². The highest BCUT2D eigenvalue weighted by atomic mass is 19.1. The van der Waals surface area contributed by atoms with Gasteiger partial charge in [-0.1, -0.05) is 26.8 Å². The lowest BCUT2D eigenvalue weighted by Gasteiger charge is -2.61. The second-order valence-corrected chi connectivity index (χ2v) is 13.6. The molecule has 1 saturated heterocycles. The van der Waals surface area contributed by atoms with E-state index < -0.39 is 0 Å². The van der Waals surface area contributed by atoms with Crippen LogP contribution in [0, 0.1) is 29.0 Å². The van der Waals surface area contributed by atoms with Crippen LogP contribution in [0.3, 0.4) is 0 Å². The summed E-state index contributed by atoms with van der Waals surface area (Å²) in [5.41, 5.74) is 2.29. The lowest BCUT2D eigenvalue weighted by atomic mass is 9.45. The topological polar surface area (TPSA) is 83.8 Å². The molecule has 9 heteroatoms. The van der Waals surface area contributed by atoms with Crippen molar-refractivity contribution in [2.24, 2.45) is 28.2 Å². The molecule has 2 aromatic carbocycles. The van der Waals surface area contributed by atoms with Crippen LogP contribution in [-0.4, -0.2) is 59.2 Å². The van der Waals surface area contributed by atoms with Crippen LogP contribution < -0.4 is 20.9 Å². The van der Waals surface area contributed by atoms with E-state index in [2.05, 4.69) is 48.2 Å². The molecule has 2 heterocycles. The molecule has 4 aliphatic rings. The van der Waals surface area contributed by atoms with Crippen LogP contribution in [0.4, 0.5) is 10.1 Å². The first kappa shape index (κ1) is 29.6. The molecule has 7 rings (SSSR count). The molecule has 6 atom stereocenters. The number of nitrogens with zero attached hydrogens (tertiary/aromatic N) is 4. The van der Waals surface area contributed by atoms with Crippen molar-refractivity contribution >= 4 is 22.5 Å². The van der Waals surface area contributed by atoms with E-state index >= 15 is 0 Å². The summed E-state index contributed by atoms with van der Waals surface area (Å²) in [5, 5.41) is 7.71. The molecular weight excluding hydrogens is 543 g/mol. The second kappa shape index (κ2) is 11.6. The number of hydrogen-bond donors (Lipinski definition) is 2.